The second-order valence-corrected chi connectivity index (χ2v) is 8.07. The van der Waals surface area contributed by atoms with Crippen LogP contribution < -0.4 is 4.74 Å². The predicted octanol–water partition coefficient (Wildman–Crippen LogP) is 4.25. The molecule has 0 amide bonds. The van der Waals surface area contributed by atoms with Crippen LogP contribution >= 0.6 is 0 Å². The van der Waals surface area contributed by atoms with Crippen molar-refractivity contribution in [2.75, 3.05) is 0 Å². The maximum atomic E-state index is 12.7. The van der Waals surface area contributed by atoms with Gasteiger partial charge in [0, 0.05) is 0 Å². The van der Waals surface area contributed by atoms with Gasteiger partial charge in [-0.25, -0.2) is 14.3 Å². The summed E-state index contributed by atoms with van der Waals surface area (Å²) in [6.45, 7) is 4.54. The SMILES string of the molecule is Cc1cc(OC(C)(C)C(=O)O)ccc1C(=O)OCc1cn(Cc2ccc(C(F)(F)F)cc2)nn1. The summed E-state index contributed by atoms with van der Waals surface area (Å²) < 4.78 is 50.1. The fourth-order valence-electron chi connectivity index (χ4n) is 2.95. The number of aryl methyl sites for hydroxylation is 1. The molecule has 0 fully saturated rings. The van der Waals surface area contributed by atoms with Crippen LogP contribution in [0.15, 0.2) is 48.7 Å². The quantitative estimate of drug-likeness (QED) is 0.484. The number of hydrogen-bond donors (Lipinski definition) is 1. The fourth-order valence-corrected chi connectivity index (χ4v) is 2.95. The molecule has 0 atom stereocenters. The van der Waals surface area contributed by atoms with E-state index in [9.17, 15) is 22.8 Å². The zero-order valence-corrected chi connectivity index (χ0v) is 18.6. The van der Waals surface area contributed by atoms with Gasteiger partial charge in [0.15, 0.2) is 5.60 Å². The number of esters is 1. The molecule has 1 heterocycles. The summed E-state index contributed by atoms with van der Waals surface area (Å²) in [6, 6.07) is 9.21. The standard InChI is InChI=1S/C23H22F3N3O5/c1-14-10-18(34-22(2,3)21(31)32)8-9-19(14)20(30)33-13-17-12-29(28-27-17)11-15-4-6-16(7-5-15)23(24,25)26/h4-10,12H,11,13H2,1-3H3,(H,31,32). The van der Waals surface area contributed by atoms with Crippen LogP contribution in [0.3, 0.4) is 0 Å². The van der Waals surface area contributed by atoms with Crippen molar-refractivity contribution < 1.29 is 37.3 Å². The van der Waals surface area contributed by atoms with Gasteiger partial charge in [-0.3, -0.25) is 0 Å². The van der Waals surface area contributed by atoms with Crippen molar-refractivity contribution >= 4 is 11.9 Å². The fraction of sp³-hybridized carbons (Fsp3) is 0.304. The highest BCUT2D eigenvalue weighted by Gasteiger charge is 2.30. The molecule has 180 valence electrons. The van der Waals surface area contributed by atoms with Crippen LogP contribution in [-0.2, 0) is 28.9 Å². The number of benzene rings is 2. The number of nitrogens with zero attached hydrogens (tertiary/aromatic N) is 3. The predicted molar refractivity (Wildman–Crippen MR) is 113 cm³/mol. The van der Waals surface area contributed by atoms with Crippen molar-refractivity contribution in [3.8, 4) is 5.75 Å². The maximum absolute atomic E-state index is 12.7. The van der Waals surface area contributed by atoms with Crippen LogP contribution in [-0.4, -0.2) is 37.6 Å². The van der Waals surface area contributed by atoms with Crippen LogP contribution in [0.5, 0.6) is 5.75 Å². The van der Waals surface area contributed by atoms with Gasteiger partial charge in [-0.2, -0.15) is 13.2 Å². The van der Waals surface area contributed by atoms with Gasteiger partial charge in [0.05, 0.1) is 23.9 Å². The number of ether oxygens (including phenoxy) is 2. The summed E-state index contributed by atoms with van der Waals surface area (Å²) >= 11 is 0. The summed E-state index contributed by atoms with van der Waals surface area (Å²) in [5, 5.41) is 17.0. The topological polar surface area (TPSA) is 104 Å². The zero-order chi connectivity index (χ0) is 25.1. The zero-order valence-electron chi connectivity index (χ0n) is 18.6. The number of hydrogen-bond acceptors (Lipinski definition) is 6. The van der Waals surface area contributed by atoms with Crippen molar-refractivity contribution in [1.82, 2.24) is 15.0 Å². The van der Waals surface area contributed by atoms with Gasteiger partial charge in [0.25, 0.3) is 0 Å². The number of aliphatic carboxylic acids is 1. The van der Waals surface area contributed by atoms with Crippen molar-refractivity contribution in [1.29, 1.82) is 0 Å². The molecule has 0 unspecified atom stereocenters. The smallest absolute Gasteiger partial charge is 0.416 e. The first-order valence-corrected chi connectivity index (χ1v) is 10.1. The number of carbonyl (C=O) groups is 2. The van der Waals surface area contributed by atoms with E-state index in [0.29, 0.717) is 22.6 Å². The van der Waals surface area contributed by atoms with E-state index in [4.69, 9.17) is 14.6 Å². The lowest BCUT2D eigenvalue weighted by Gasteiger charge is -2.22. The van der Waals surface area contributed by atoms with Crippen molar-refractivity contribution in [2.45, 2.75) is 45.7 Å². The van der Waals surface area contributed by atoms with E-state index in [1.165, 1.54) is 49.0 Å². The maximum Gasteiger partial charge on any atom is 0.416 e. The van der Waals surface area contributed by atoms with Crippen LogP contribution in [0, 0.1) is 6.92 Å². The van der Waals surface area contributed by atoms with Crippen molar-refractivity contribution in [2.24, 2.45) is 0 Å². The normalized spacial score (nSPS) is 11.8. The van der Waals surface area contributed by atoms with Gasteiger partial charge >= 0.3 is 18.1 Å². The molecule has 0 aliphatic rings. The van der Waals surface area contributed by atoms with Gasteiger partial charge in [0.1, 0.15) is 18.1 Å². The molecule has 0 spiro atoms. The number of carbonyl (C=O) groups excluding carboxylic acids is 1. The van der Waals surface area contributed by atoms with Gasteiger partial charge < -0.3 is 14.6 Å². The molecule has 0 saturated heterocycles. The summed E-state index contributed by atoms with van der Waals surface area (Å²) in [7, 11) is 0. The van der Waals surface area contributed by atoms with E-state index < -0.39 is 29.3 Å². The summed E-state index contributed by atoms with van der Waals surface area (Å²) in [6.07, 6.45) is -2.87. The Morgan fingerprint density at radius 3 is 2.35 bits per heavy atom. The molecule has 0 radical (unpaired) electrons. The highest BCUT2D eigenvalue weighted by molar-refractivity contribution is 5.91. The molecule has 2 aromatic carbocycles. The van der Waals surface area contributed by atoms with E-state index in [1.807, 2.05) is 0 Å². The number of rotatable bonds is 8. The molecular formula is C23H22F3N3O5. The van der Waals surface area contributed by atoms with E-state index >= 15 is 0 Å². The Kier molecular flexibility index (Phi) is 6.94. The molecule has 1 N–H and O–H groups in total. The molecule has 34 heavy (non-hydrogen) atoms. The third-order valence-corrected chi connectivity index (χ3v) is 4.87. The Morgan fingerprint density at radius 2 is 1.76 bits per heavy atom. The molecular weight excluding hydrogens is 455 g/mol. The Bertz CT molecular complexity index is 1190. The van der Waals surface area contributed by atoms with Crippen LogP contribution in [0.25, 0.3) is 0 Å². The second kappa shape index (κ2) is 9.54. The summed E-state index contributed by atoms with van der Waals surface area (Å²) in [4.78, 5) is 23.7. The average Bonchev–Trinajstić information content (AvgIpc) is 3.19. The molecule has 0 bridgehead atoms. The summed E-state index contributed by atoms with van der Waals surface area (Å²) in [5.41, 5.74) is -0.387. The van der Waals surface area contributed by atoms with Gasteiger partial charge in [-0.15, -0.1) is 5.10 Å². The highest BCUT2D eigenvalue weighted by atomic mass is 19.4. The Hall–Kier alpha value is -3.89. The monoisotopic (exact) mass is 477 g/mol. The minimum absolute atomic E-state index is 0.157. The molecule has 3 rings (SSSR count). The molecule has 8 nitrogen and oxygen atoms in total. The number of aromatic nitrogens is 3. The van der Waals surface area contributed by atoms with Gasteiger partial charge in [-0.05, 0) is 62.2 Å². The van der Waals surface area contributed by atoms with E-state index in [1.54, 1.807) is 13.0 Å². The Labute approximate surface area is 192 Å². The lowest BCUT2D eigenvalue weighted by atomic mass is 10.1. The second-order valence-electron chi connectivity index (χ2n) is 8.07. The Balaban J connectivity index is 1.58. The number of alkyl halides is 3. The third kappa shape index (κ3) is 6.12. The first-order valence-electron chi connectivity index (χ1n) is 10.1. The third-order valence-electron chi connectivity index (χ3n) is 4.87. The largest absolute Gasteiger partial charge is 0.478 e. The molecule has 0 aliphatic heterocycles. The molecule has 0 saturated carbocycles. The molecule has 3 aromatic rings. The van der Waals surface area contributed by atoms with Crippen LogP contribution in [0.1, 0.15) is 46.6 Å². The van der Waals surface area contributed by atoms with Gasteiger partial charge in [-0.1, -0.05) is 17.3 Å². The summed E-state index contributed by atoms with van der Waals surface area (Å²) in [5.74, 6) is -1.44. The Morgan fingerprint density at radius 1 is 1.09 bits per heavy atom. The van der Waals surface area contributed by atoms with Crippen LogP contribution in [0.4, 0.5) is 13.2 Å². The number of carboxylic acid groups (broad SMARTS) is 1. The minimum Gasteiger partial charge on any atom is -0.478 e. The van der Waals surface area contributed by atoms with Crippen LogP contribution in [0.2, 0.25) is 0 Å². The number of carboxylic acids is 1. The molecule has 1 aromatic heterocycles. The molecule has 0 aliphatic carbocycles. The van der Waals surface area contributed by atoms with Crippen molar-refractivity contribution in [3.63, 3.8) is 0 Å². The number of halogens is 3. The lowest BCUT2D eigenvalue weighted by Crippen LogP contribution is -2.37. The lowest BCUT2D eigenvalue weighted by molar-refractivity contribution is -0.152. The molecule has 11 heteroatoms. The highest BCUT2D eigenvalue weighted by Crippen LogP contribution is 2.29. The average molecular weight is 477 g/mol. The van der Waals surface area contributed by atoms with Gasteiger partial charge in [0.2, 0.25) is 0 Å². The van der Waals surface area contributed by atoms with E-state index in [2.05, 4.69) is 10.3 Å². The minimum atomic E-state index is -4.40. The van der Waals surface area contributed by atoms with Crippen molar-refractivity contribution in [3.05, 3.63) is 76.6 Å². The van der Waals surface area contributed by atoms with E-state index in [-0.39, 0.29) is 18.7 Å². The first-order chi connectivity index (χ1) is 15.8. The van der Waals surface area contributed by atoms with E-state index in [0.717, 1.165) is 12.1 Å². The first kappa shape index (κ1) is 24.7.